The zero-order chi connectivity index (χ0) is 21.7. The molecule has 30 heavy (non-hydrogen) atoms. The van der Waals surface area contributed by atoms with Crippen molar-refractivity contribution in [1.29, 1.82) is 0 Å². The molecule has 0 bridgehead atoms. The van der Waals surface area contributed by atoms with E-state index in [-0.39, 0.29) is 35.4 Å². The number of thioether (sulfide) groups is 1. The fraction of sp³-hybridized carbons (Fsp3) is 0.381. The van der Waals surface area contributed by atoms with Crippen molar-refractivity contribution in [3.63, 3.8) is 0 Å². The van der Waals surface area contributed by atoms with Crippen LogP contribution in [0.25, 0.3) is 0 Å². The molecule has 0 aromatic heterocycles. The fourth-order valence-electron chi connectivity index (χ4n) is 3.09. The minimum absolute atomic E-state index is 0.0341. The van der Waals surface area contributed by atoms with Gasteiger partial charge in [0.2, 0.25) is 15.9 Å². The van der Waals surface area contributed by atoms with Gasteiger partial charge in [-0.2, -0.15) is 4.31 Å². The van der Waals surface area contributed by atoms with Crippen molar-refractivity contribution in [2.24, 2.45) is 0 Å². The smallest absolute Gasteiger partial charge is 0.246 e. The third kappa shape index (κ3) is 5.34. The van der Waals surface area contributed by atoms with Crippen molar-refractivity contribution in [1.82, 2.24) is 4.31 Å². The van der Waals surface area contributed by atoms with E-state index in [1.165, 1.54) is 29.2 Å². The molecule has 1 saturated heterocycles. The van der Waals surface area contributed by atoms with Crippen molar-refractivity contribution >= 4 is 33.4 Å². The Balaban J connectivity index is 1.74. The first kappa shape index (κ1) is 22.6. The van der Waals surface area contributed by atoms with Crippen molar-refractivity contribution in [3.05, 3.63) is 47.5 Å². The second-order valence-electron chi connectivity index (χ2n) is 6.99. The molecule has 1 aliphatic rings. The van der Waals surface area contributed by atoms with Gasteiger partial charge in [0, 0.05) is 23.7 Å². The Morgan fingerprint density at radius 1 is 1.17 bits per heavy atom. The standard InChI is InChI=1S/C21H26N2O5S2/c1-15-4-5-16(2)19(12-15)29-14-21(24)22-17-6-7-18(27-3)20(13-17)30(25,26)23-8-10-28-11-9-23/h4-7,12-13H,8-11,14H2,1-3H3,(H,22,24). The number of aryl methyl sites for hydroxylation is 2. The van der Waals surface area contributed by atoms with Crippen LogP contribution in [0.2, 0.25) is 0 Å². The van der Waals surface area contributed by atoms with Crippen LogP contribution >= 0.6 is 11.8 Å². The zero-order valence-electron chi connectivity index (χ0n) is 17.3. The van der Waals surface area contributed by atoms with Gasteiger partial charge in [-0.25, -0.2) is 8.42 Å². The third-order valence-electron chi connectivity index (χ3n) is 4.74. The van der Waals surface area contributed by atoms with Gasteiger partial charge in [-0.15, -0.1) is 11.8 Å². The molecule has 2 aromatic carbocycles. The second-order valence-corrected chi connectivity index (χ2v) is 9.91. The van der Waals surface area contributed by atoms with Crippen LogP contribution in [-0.2, 0) is 19.6 Å². The summed E-state index contributed by atoms with van der Waals surface area (Å²) in [6, 6.07) is 10.8. The molecule has 0 saturated carbocycles. The summed E-state index contributed by atoms with van der Waals surface area (Å²) < 4.78 is 38.0. The van der Waals surface area contributed by atoms with Crippen LogP contribution in [0.1, 0.15) is 11.1 Å². The largest absolute Gasteiger partial charge is 0.495 e. The van der Waals surface area contributed by atoms with Gasteiger partial charge in [-0.1, -0.05) is 17.7 Å². The van der Waals surface area contributed by atoms with E-state index in [0.717, 1.165) is 16.0 Å². The highest BCUT2D eigenvalue weighted by Gasteiger charge is 2.29. The highest BCUT2D eigenvalue weighted by molar-refractivity contribution is 8.00. The molecule has 7 nitrogen and oxygen atoms in total. The zero-order valence-corrected chi connectivity index (χ0v) is 18.9. The quantitative estimate of drug-likeness (QED) is 0.653. The summed E-state index contributed by atoms with van der Waals surface area (Å²) in [5.74, 6) is 0.257. The van der Waals surface area contributed by atoms with Gasteiger partial charge in [-0.3, -0.25) is 4.79 Å². The number of benzene rings is 2. The van der Waals surface area contributed by atoms with Gasteiger partial charge in [0.05, 0.1) is 26.1 Å². The predicted molar refractivity (Wildman–Crippen MR) is 118 cm³/mol. The number of amides is 1. The Bertz CT molecular complexity index is 1020. The third-order valence-corrected chi connectivity index (χ3v) is 7.81. The number of morpholine rings is 1. The van der Waals surface area contributed by atoms with Crippen LogP contribution in [0, 0.1) is 13.8 Å². The molecule has 2 aromatic rings. The van der Waals surface area contributed by atoms with E-state index in [0.29, 0.717) is 18.9 Å². The molecule has 0 spiro atoms. The van der Waals surface area contributed by atoms with Crippen molar-refractivity contribution in [2.45, 2.75) is 23.6 Å². The number of methoxy groups -OCH3 is 1. The van der Waals surface area contributed by atoms with Gasteiger partial charge in [0.1, 0.15) is 10.6 Å². The van der Waals surface area contributed by atoms with E-state index in [2.05, 4.69) is 5.32 Å². The average molecular weight is 451 g/mol. The number of hydrogen-bond donors (Lipinski definition) is 1. The van der Waals surface area contributed by atoms with Crippen LogP contribution < -0.4 is 10.1 Å². The summed E-state index contributed by atoms with van der Waals surface area (Å²) in [6.07, 6.45) is 0. The average Bonchev–Trinajstić information content (AvgIpc) is 2.75. The SMILES string of the molecule is COc1ccc(NC(=O)CSc2cc(C)ccc2C)cc1S(=O)(=O)N1CCOCC1. The number of nitrogens with zero attached hydrogens (tertiary/aromatic N) is 1. The van der Waals surface area contributed by atoms with Gasteiger partial charge >= 0.3 is 0 Å². The van der Waals surface area contributed by atoms with Crippen LogP contribution in [0.3, 0.4) is 0 Å². The highest BCUT2D eigenvalue weighted by atomic mass is 32.2. The van der Waals surface area contributed by atoms with Crippen LogP contribution in [0.15, 0.2) is 46.2 Å². The summed E-state index contributed by atoms with van der Waals surface area (Å²) in [4.78, 5) is 13.5. The number of hydrogen-bond acceptors (Lipinski definition) is 6. The normalized spacial score (nSPS) is 15.0. The number of nitrogens with one attached hydrogen (secondary N) is 1. The molecule has 1 N–H and O–H groups in total. The molecule has 1 heterocycles. The van der Waals surface area contributed by atoms with Gasteiger partial charge in [-0.05, 0) is 43.7 Å². The molecule has 1 aliphatic heterocycles. The van der Waals surface area contributed by atoms with E-state index < -0.39 is 10.0 Å². The molecular formula is C21H26N2O5S2. The number of anilines is 1. The first-order valence-corrected chi connectivity index (χ1v) is 12.0. The lowest BCUT2D eigenvalue weighted by atomic mass is 10.2. The summed E-state index contributed by atoms with van der Waals surface area (Å²) in [6.45, 7) is 5.30. The van der Waals surface area contributed by atoms with Crippen molar-refractivity contribution < 1.29 is 22.7 Å². The molecule has 1 fully saturated rings. The fourth-order valence-corrected chi connectivity index (χ4v) is 5.60. The number of sulfonamides is 1. The molecule has 9 heteroatoms. The van der Waals surface area contributed by atoms with Crippen molar-refractivity contribution in [3.8, 4) is 5.75 Å². The molecule has 0 atom stereocenters. The lowest BCUT2D eigenvalue weighted by Crippen LogP contribution is -2.40. The highest BCUT2D eigenvalue weighted by Crippen LogP contribution is 2.30. The first-order valence-electron chi connectivity index (χ1n) is 9.57. The van der Waals surface area contributed by atoms with E-state index in [4.69, 9.17) is 9.47 Å². The first-order chi connectivity index (χ1) is 14.3. The predicted octanol–water partition coefficient (Wildman–Crippen LogP) is 3.06. The summed E-state index contributed by atoms with van der Waals surface area (Å²) in [5.41, 5.74) is 2.66. The number of ether oxygens (including phenoxy) is 2. The van der Waals surface area contributed by atoms with Crippen molar-refractivity contribution in [2.75, 3.05) is 44.5 Å². The van der Waals surface area contributed by atoms with Gasteiger partial charge in [0.25, 0.3) is 0 Å². The summed E-state index contributed by atoms with van der Waals surface area (Å²) >= 11 is 1.45. The maximum absolute atomic E-state index is 13.1. The van der Waals surface area contributed by atoms with Gasteiger partial charge in [0.15, 0.2) is 0 Å². The Morgan fingerprint density at radius 2 is 1.90 bits per heavy atom. The minimum Gasteiger partial charge on any atom is -0.495 e. The molecular weight excluding hydrogens is 424 g/mol. The van der Waals surface area contributed by atoms with Crippen LogP contribution in [-0.4, -0.2) is 57.8 Å². The van der Waals surface area contributed by atoms with E-state index in [1.54, 1.807) is 12.1 Å². The lowest BCUT2D eigenvalue weighted by molar-refractivity contribution is -0.113. The van der Waals surface area contributed by atoms with E-state index in [1.807, 2.05) is 32.0 Å². The van der Waals surface area contributed by atoms with E-state index >= 15 is 0 Å². The summed E-state index contributed by atoms with van der Waals surface area (Å²) in [5, 5.41) is 2.79. The number of carbonyl (C=O) groups excluding carboxylic acids is 1. The van der Waals surface area contributed by atoms with Crippen LogP contribution in [0.5, 0.6) is 5.75 Å². The molecule has 0 aliphatic carbocycles. The number of rotatable bonds is 7. The Hall–Kier alpha value is -2.07. The molecule has 3 rings (SSSR count). The Kier molecular flexibility index (Phi) is 7.41. The molecule has 162 valence electrons. The maximum atomic E-state index is 13.1. The van der Waals surface area contributed by atoms with E-state index in [9.17, 15) is 13.2 Å². The number of carbonyl (C=O) groups is 1. The molecule has 1 amide bonds. The van der Waals surface area contributed by atoms with Crippen LogP contribution in [0.4, 0.5) is 5.69 Å². The maximum Gasteiger partial charge on any atom is 0.246 e. The minimum atomic E-state index is -3.76. The molecule has 0 radical (unpaired) electrons. The lowest BCUT2D eigenvalue weighted by Gasteiger charge is -2.26. The van der Waals surface area contributed by atoms with Gasteiger partial charge < -0.3 is 14.8 Å². The molecule has 0 unspecified atom stereocenters. The Morgan fingerprint density at radius 3 is 2.60 bits per heavy atom. The monoisotopic (exact) mass is 450 g/mol. The summed E-state index contributed by atoms with van der Waals surface area (Å²) in [7, 11) is -2.33. The second kappa shape index (κ2) is 9.82. The topological polar surface area (TPSA) is 84.9 Å². The Labute approximate surface area is 181 Å².